The molecule has 4 heteroatoms. The van der Waals surface area contributed by atoms with Gasteiger partial charge in [-0.15, -0.1) is 0 Å². The highest BCUT2D eigenvalue weighted by Gasteiger charge is 2.06. The van der Waals surface area contributed by atoms with Gasteiger partial charge in [-0.2, -0.15) is 0 Å². The average Bonchev–Trinajstić information content (AvgIpc) is 2.73. The highest BCUT2D eigenvalue weighted by molar-refractivity contribution is 6.02. The second kappa shape index (κ2) is 8.63. The van der Waals surface area contributed by atoms with Crippen LogP contribution in [0.4, 0.5) is 5.69 Å². The van der Waals surface area contributed by atoms with Gasteiger partial charge in [0.2, 0.25) is 5.91 Å². The standard InChI is InChI=1S/C23H19NO3/c1-27-23(26)20-8-5-9-21(16-20)24-22(25)15-12-17-10-13-19(14-11-17)18-6-3-2-4-7-18/h2-16H,1H3,(H,24,25)/b15-12+. The molecule has 1 amide bonds. The summed E-state index contributed by atoms with van der Waals surface area (Å²) in [4.78, 5) is 23.7. The molecule has 0 bridgehead atoms. The Hall–Kier alpha value is -3.66. The Labute approximate surface area is 158 Å². The van der Waals surface area contributed by atoms with Gasteiger partial charge >= 0.3 is 5.97 Å². The van der Waals surface area contributed by atoms with E-state index < -0.39 is 5.97 Å². The zero-order chi connectivity index (χ0) is 19.1. The molecule has 27 heavy (non-hydrogen) atoms. The Morgan fingerprint density at radius 3 is 2.26 bits per heavy atom. The van der Waals surface area contributed by atoms with Crippen LogP contribution in [0.15, 0.2) is 84.9 Å². The summed E-state index contributed by atoms with van der Waals surface area (Å²) in [5, 5.41) is 2.74. The van der Waals surface area contributed by atoms with Crippen LogP contribution in [-0.4, -0.2) is 19.0 Å². The minimum absolute atomic E-state index is 0.274. The Bertz CT molecular complexity index is 960. The number of amides is 1. The Balaban J connectivity index is 1.64. The molecular formula is C23H19NO3. The van der Waals surface area contributed by atoms with Gasteiger partial charge in [-0.05, 0) is 41.0 Å². The molecule has 0 spiro atoms. The van der Waals surface area contributed by atoms with E-state index in [1.165, 1.54) is 13.2 Å². The number of hydrogen-bond acceptors (Lipinski definition) is 3. The molecule has 0 heterocycles. The third kappa shape index (κ3) is 4.92. The van der Waals surface area contributed by atoms with Crippen molar-refractivity contribution >= 4 is 23.6 Å². The first kappa shape index (κ1) is 18.1. The Kier molecular flexibility index (Phi) is 5.80. The van der Waals surface area contributed by atoms with Crippen molar-refractivity contribution < 1.29 is 14.3 Å². The quantitative estimate of drug-likeness (QED) is 0.527. The lowest BCUT2D eigenvalue weighted by Crippen LogP contribution is -2.09. The molecule has 3 rings (SSSR count). The molecule has 3 aromatic carbocycles. The van der Waals surface area contributed by atoms with Crippen LogP contribution in [-0.2, 0) is 9.53 Å². The predicted molar refractivity (Wildman–Crippen MR) is 107 cm³/mol. The van der Waals surface area contributed by atoms with Crippen LogP contribution in [0.3, 0.4) is 0 Å². The summed E-state index contributed by atoms with van der Waals surface area (Å²) >= 11 is 0. The normalized spacial score (nSPS) is 10.6. The molecule has 0 fully saturated rings. The van der Waals surface area contributed by atoms with Crippen LogP contribution in [0.1, 0.15) is 15.9 Å². The summed E-state index contributed by atoms with van der Waals surface area (Å²) in [7, 11) is 1.32. The Morgan fingerprint density at radius 2 is 1.56 bits per heavy atom. The monoisotopic (exact) mass is 357 g/mol. The summed E-state index contributed by atoms with van der Waals surface area (Å²) in [6, 6.07) is 24.7. The van der Waals surface area contributed by atoms with Crippen LogP contribution in [0.2, 0.25) is 0 Å². The van der Waals surface area contributed by atoms with Gasteiger partial charge in [0.25, 0.3) is 0 Å². The van der Waals surface area contributed by atoms with Crippen LogP contribution < -0.4 is 5.32 Å². The largest absolute Gasteiger partial charge is 0.465 e. The van der Waals surface area contributed by atoms with E-state index in [4.69, 9.17) is 0 Å². The van der Waals surface area contributed by atoms with E-state index in [0.29, 0.717) is 11.3 Å². The minimum Gasteiger partial charge on any atom is -0.465 e. The van der Waals surface area contributed by atoms with E-state index in [1.807, 2.05) is 42.5 Å². The van der Waals surface area contributed by atoms with Crippen LogP contribution in [0.5, 0.6) is 0 Å². The number of anilines is 1. The van der Waals surface area contributed by atoms with E-state index in [2.05, 4.69) is 22.2 Å². The first-order valence-electron chi connectivity index (χ1n) is 8.48. The van der Waals surface area contributed by atoms with Gasteiger partial charge in [0.05, 0.1) is 12.7 Å². The van der Waals surface area contributed by atoms with E-state index >= 15 is 0 Å². The average molecular weight is 357 g/mol. The number of rotatable bonds is 5. The second-order valence-electron chi connectivity index (χ2n) is 5.88. The molecule has 0 unspecified atom stereocenters. The maximum Gasteiger partial charge on any atom is 0.337 e. The smallest absolute Gasteiger partial charge is 0.337 e. The molecule has 0 radical (unpaired) electrons. The fourth-order valence-electron chi connectivity index (χ4n) is 2.61. The van der Waals surface area contributed by atoms with Crippen molar-refractivity contribution in [3.8, 4) is 11.1 Å². The maximum atomic E-state index is 12.1. The highest BCUT2D eigenvalue weighted by atomic mass is 16.5. The molecule has 4 nitrogen and oxygen atoms in total. The summed E-state index contributed by atoms with van der Waals surface area (Å²) in [5.41, 5.74) is 4.11. The molecule has 3 aromatic rings. The number of carbonyl (C=O) groups is 2. The lowest BCUT2D eigenvalue weighted by Gasteiger charge is -2.05. The number of methoxy groups -OCH3 is 1. The zero-order valence-corrected chi connectivity index (χ0v) is 14.9. The SMILES string of the molecule is COC(=O)c1cccc(NC(=O)/C=C/c2ccc(-c3ccccc3)cc2)c1. The summed E-state index contributed by atoms with van der Waals surface area (Å²) in [6.07, 6.45) is 3.20. The molecule has 1 N–H and O–H groups in total. The lowest BCUT2D eigenvalue weighted by atomic mass is 10.0. The van der Waals surface area contributed by atoms with Gasteiger partial charge in [-0.25, -0.2) is 4.79 Å². The number of ether oxygens (including phenoxy) is 1. The van der Waals surface area contributed by atoms with Crippen LogP contribution >= 0.6 is 0 Å². The van der Waals surface area contributed by atoms with E-state index in [1.54, 1.807) is 30.3 Å². The molecule has 0 atom stereocenters. The molecular weight excluding hydrogens is 338 g/mol. The molecule has 0 aliphatic heterocycles. The van der Waals surface area contributed by atoms with Crippen molar-refractivity contribution in [2.24, 2.45) is 0 Å². The number of nitrogens with one attached hydrogen (secondary N) is 1. The van der Waals surface area contributed by atoms with E-state index in [-0.39, 0.29) is 5.91 Å². The topological polar surface area (TPSA) is 55.4 Å². The van der Waals surface area contributed by atoms with Gasteiger partial charge in [0.1, 0.15) is 0 Å². The Morgan fingerprint density at radius 1 is 0.852 bits per heavy atom. The van der Waals surface area contributed by atoms with Gasteiger partial charge < -0.3 is 10.1 Å². The molecule has 0 aromatic heterocycles. The summed E-state index contributed by atoms with van der Waals surface area (Å²) in [5.74, 6) is -0.718. The second-order valence-corrected chi connectivity index (χ2v) is 5.88. The fraction of sp³-hybridized carbons (Fsp3) is 0.0435. The van der Waals surface area contributed by atoms with Gasteiger partial charge in [0, 0.05) is 11.8 Å². The van der Waals surface area contributed by atoms with Crippen molar-refractivity contribution in [1.82, 2.24) is 0 Å². The van der Waals surface area contributed by atoms with Crippen LogP contribution in [0.25, 0.3) is 17.2 Å². The third-order valence-electron chi connectivity index (χ3n) is 4.00. The zero-order valence-electron chi connectivity index (χ0n) is 14.9. The molecule has 0 saturated heterocycles. The van der Waals surface area contributed by atoms with E-state index in [0.717, 1.165) is 16.7 Å². The van der Waals surface area contributed by atoms with Gasteiger partial charge in [-0.3, -0.25) is 4.79 Å². The predicted octanol–water partition coefficient (Wildman–Crippen LogP) is 4.79. The molecule has 0 saturated carbocycles. The van der Waals surface area contributed by atoms with Gasteiger partial charge in [-0.1, -0.05) is 60.7 Å². The third-order valence-corrected chi connectivity index (χ3v) is 4.00. The van der Waals surface area contributed by atoms with Crippen molar-refractivity contribution in [3.63, 3.8) is 0 Å². The number of benzene rings is 3. The van der Waals surface area contributed by atoms with Crippen molar-refractivity contribution in [2.45, 2.75) is 0 Å². The number of hydrogen-bond donors (Lipinski definition) is 1. The van der Waals surface area contributed by atoms with Crippen molar-refractivity contribution in [3.05, 3.63) is 96.1 Å². The summed E-state index contributed by atoms with van der Waals surface area (Å²) in [6.45, 7) is 0. The summed E-state index contributed by atoms with van der Waals surface area (Å²) < 4.78 is 4.68. The molecule has 134 valence electrons. The van der Waals surface area contributed by atoms with Crippen molar-refractivity contribution in [1.29, 1.82) is 0 Å². The fourth-order valence-corrected chi connectivity index (χ4v) is 2.61. The number of esters is 1. The first-order valence-corrected chi connectivity index (χ1v) is 8.48. The minimum atomic E-state index is -0.444. The first-order chi connectivity index (χ1) is 13.2. The molecule has 0 aliphatic carbocycles. The lowest BCUT2D eigenvalue weighted by molar-refractivity contribution is -0.111. The number of carbonyl (C=O) groups excluding carboxylic acids is 2. The van der Waals surface area contributed by atoms with Crippen LogP contribution in [0, 0.1) is 0 Å². The van der Waals surface area contributed by atoms with Gasteiger partial charge in [0.15, 0.2) is 0 Å². The van der Waals surface area contributed by atoms with Crippen molar-refractivity contribution in [2.75, 3.05) is 12.4 Å². The van der Waals surface area contributed by atoms with E-state index in [9.17, 15) is 9.59 Å². The maximum absolute atomic E-state index is 12.1. The molecule has 0 aliphatic rings. The highest BCUT2D eigenvalue weighted by Crippen LogP contribution is 2.19.